The summed E-state index contributed by atoms with van der Waals surface area (Å²) in [5.74, 6) is 0.170. The van der Waals surface area contributed by atoms with Crippen molar-refractivity contribution in [1.29, 1.82) is 0 Å². The zero-order valence-electron chi connectivity index (χ0n) is 12.1. The number of carbonyl (C=O) groups excluding carboxylic acids is 2. The summed E-state index contributed by atoms with van der Waals surface area (Å²) in [5, 5.41) is 5.68. The largest absolute Gasteiger partial charge is 0.351 e. The van der Waals surface area contributed by atoms with Crippen LogP contribution in [0.25, 0.3) is 0 Å². The molecule has 0 aliphatic carbocycles. The first-order valence-corrected chi connectivity index (χ1v) is 7.03. The van der Waals surface area contributed by atoms with Crippen LogP contribution in [0.2, 0.25) is 0 Å². The van der Waals surface area contributed by atoms with Gasteiger partial charge in [-0.2, -0.15) is 0 Å². The van der Waals surface area contributed by atoms with Gasteiger partial charge in [0.15, 0.2) is 0 Å². The number of imide groups is 1. The Morgan fingerprint density at radius 3 is 2.68 bits per heavy atom. The van der Waals surface area contributed by atoms with E-state index in [0.717, 1.165) is 32.5 Å². The Hall–Kier alpha value is -1.14. The van der Waals surface area contributed by atoms with Gasteiger partial charge in [-0.1, -0.05) is 13.8 Å². The molecule has 1 aliphatic heterocycles. The molecular weight excluding hydrogens is 244 g/mol. The third-order valence-corrected chi connectivity index (χ3v) is 3.77. The fourth-order valence-electron chi connectivity index (χ4n) is 2.55. The number of carbonyl (C=O) groups is 2. The first-order valence-electron chi connectivity index (χ1n) is 7.03. The molecule has 3 amide bonds. The zero-order valence-corrected chi connectivity index (χ0v) is 12.1. The van der Waals surface area contributed by atoms with Crippen LogP contribution in [0.1, 0.15) is 33.6 Å². The van der Waals surface area contributed by atoms with E-state index in [0.29, 0.717) is 12.0 Å². The number of piperidine rings is 1. The van der Waals surface area contributed by atoms with Crippen LogP contribution < -0.4 is 16.4 Å². The highest BCUT2D eigenvalue weighted by Gasteiger charge is 2.30. The van der Waals surface area contributed by atoms with Gasteiger partial charge in [0.05, 0.1) is 6.04 Å². The number of urea groups is 1. The van der Waals surface area contributed by atoms with E-state index >= 15 is 0 Å². The molecule has 0 aromatic carbocycles. The van der Waals surface area contributed by atoms with Crippen LogP contribution in [0.3, 0.4) is 0 Å². The second-order valence-corrected chi connectivity index (χ2v) is 5.35. The van der Waals surface area contributed by atoms with Gasteiger partial charge >= 0.3 is 6.03 Å². The lowest BCUT2D eigenvalue weighted by molar-refractivity contribution is -0.125. The maximum absolute atomic E-state index is 11.7. The molecule has 3 unspecified atom stereocenters. The smallest absolute Gasteiger partial charge is 0.318 e. The van der Waals surface area contributed by atoms with E-state index in [1.807, 2.05) is 6.92 Å². The average molecular weight is 270 g/mol. The molecule has 0 aromatic rings. The molecule has 6 nitrogen and oxygen atoms in total. The second-order valence-electron chi connectivity index (χ2n) is 5.35. The predicted molar refractivity (Wildman–Crippen MR) is 74.6 cm³/mol. The molecule has 3 atom stereocenters. The van der Waals surface area contributed by atoms with Gasteiger partial charge in [-0.05, 0) is 32.2 Å². The van der Waals surface area contributed by atoms with Gasteiger partial charge in [-0.25, -0.2) is 4.79 Å². The first kappa shape index (κ1) is 15.9. The van der Waals surface area contributed by atoms with Crippen molar-refractivity contribution in [3.8, 4) is 0 Å². The first-order chi connectivity index (χ1) is 8.95. The number of rotatable bonds is 5. The minimum atomic E-state index is -0.788. The normalized spacial score (nSPS) is 25.8. The van der Waals surface area contributed by atoms with E-state index in [4.69, 9.17) is 5.73 Å². The van der Waals surface area contributed by atoms with Crippen LogP contribution in [0.4, 0.5) is 4.79 Å². The molecule has 110 valence electrons. The summed E-state index contributed by atoms with van der Waals surface area (Å²) in [4.78, 5) is 24.5. The summed E-state index contributed by atoms with van der Waals surface area (Å²) in [7, 11) is 0. The van der Waals surface area contributed by atoms with Crippen LogP contribution in [0, 0.1) is 5.92 Å². The fraction of sp³-hybridized carbons (Fsp3) is 0.846. The van der Waals surface area contributed by atoms with Crippen LogP contribution in [-0.4, -0.2) is 48.6 Å². The molecule has 19 heavy (non-hydrogen) atoms. The summed E-state index contributed by atoms with van der Waals surface area (Å²) in [6.07, 6.45) is 2.15. The second kappa shape index (κ2) is 7.45. The van der Waals surface area contributed by atoms with E-state index in [1.165, 1.54) is 0 Å². The Bertz CT molecular complexity index is 322. The van der Waals surface area contributed by atoms with Gasteiger partial charge in [0.2, 0.25) is 5.91 Å². The monoisotopic (exact) mass is 270 g/mol. The lowest BCUT2D eigenvalue weighted by atomic mass is 9.92. The predicted octanol–water partition coefficient (Wildman–Crippen LogP) is 0.280. The molecule has 0 spiro atoms. The third kappa shape index (κ3) is 4.80. The van der Waals surface area contributed by atoms with E-state index in [9.17, 15) is 9.59 Å². The van der Waals surface area contributed by atoms with Crippen LogP contribution in [0.5, 0.6) is 0 Å². The van der Waals surface area contributed by atoms with Crippen LogP contribution in [0.15, 0.2) is 0 Å². The molecule has 1 fully saturated rings. The molecule has 1 saturated heterocycles. The molecule has 0 saturated carbocycles. The standard InChI is InChI=1S/C13H26N4O2/c1-4-6-15-11-5-7-17(8-9(11)2)10(3)12(18)16-13(14)19/h9-11,15H,4-8H2,1-3H3,(H3,14,16,18,19). The summed E-state index contributed by atoms with van der Waals surface area (Å²) < 4.78 is 0. The zero-order chi connectivity index (χ0) is 14.4. The fourth-order valence-corrected chi connectivity index (χ4v) is 2.55. The molecule has 1 heterocycles. The number of primary amides is 1. The number of likely N-dealkylation sites (tertiary alicyclic amines) is 1. The van der Waals surface area contributed by atoms with Gasteiger partial charge in [0.25, 0.3) is 0 Å². The summed E-state index contributed by atoms with van der Waals surface area (Å²) in [6.45, 7) is 8.91. The number of nitrogens with zero attached hydrogens (tertiary/aromatic N) is 1. The van der Waals surface area contributed by atoms with Gasteiger partial charge in [-0.3, -0.25) is 15.0 Å². The minimum Gasteiger partial charge on any atom is -0.351 e. The van der Waals surface area contributed by atoms with Crippen LogP contribution in [-0.2, 0) is 4.79 Å². The average Bonchev–Trinajstić information content (AvgIpc) is 2.35. The Kier molecular flexibility index (Phi) is 6.24. The van der Waals surface area contributed by atoms with Crippen molar-refractivity contribution in [3.63, 3.8) is 0 Å². The van der Waals surface area contributed by atoms with Crippen LogP contribution >= 0.6 is 0 Å². The van der Waals surface area contributed by atoms with Crippen molar-refractivity contribution in [2.45, 2.75) is 45.7 Å². The highest BCUT2D eigenvalue weighted by Crippen LogP contribution is 2.18. The summed E-state index contributed by atoms with van der Waals surface area (Å²) in [6, 6.07) is -0.589. The van der Waals surface area contributed by atoms with Crippen molar-refractivity contribution in [2.24, 2.45) is 11.7 Å². The molecule has 0 bridgehead atoms. The van der Waals surface area contributed by atoms with Crippen molar-refractivity contribution < 1.29 is 9.59 Å². The van der Waals surface area contributed by atoms with E-state index < -0.39 is 6.03 Å². The number of hydrogen-bond donors (Lipinski definition) is 3. The number of hydrogen-bond acceptors (Lipinski definition) is 4. The number of nitrogens with two attached hydrogens (primary N) is 1. The molecule has 0 aromatic heterocycles. The minimum absolute atomic E-state index is 0.318. The molecule has 6 heteroatoms. The molecule has 0 radical (unpaired) electrons. The van der Waals surface area contributed by atoms with Crippen molar-refractivity contribution >= 4 is 11.9 Å². The van der Waals surface area contributed by atoms with E-state index in [2.05, 4.69) is 29.4 Å². The Balaban J connectivity index is 2.46. The van der Waals surface area contributed by atoms with Crippen molar-refractivity contribution in [1.82, 2.24) is 15.5 Å². The topological polar surface area (TPSA) is 87.5 Å². The Labute approximate surface area is 115 Å². The summed E-state index contributed by atoms with van der Waals surface area (Å²) in [5.41, 5.74) is 4.97. The molecule has 4 N–H and O–H groups in total. The summed E-state index contributed by atoms with van der Waals surface area (Å²) >= 11 is 0. The molecular formula is C13H26N4O2. The SMILES string of the molecule is CCCNC1CCN(C(C)C(=O)NC(N)=O)CC1C. The molecule has 1 aliphatic rings. The number of amides is 3. The van der Waals surface area contributed by atoms with Gasteiger partial charge in [0, 0.05) is 19.1 Å². The van der Waals surface area contributed by atoms with E-state index in [1.54, 1.807) is 0 Å². The third-order valence-electron chi connectivity index (χ3n) is 3.77. The maximum atomic E-state index is 11.7. The maximum Gasteiger partial charge on any atom is 0.318 e. The Morgan fingerprint density at radius 1 is 1.47 bits per heavy atom. The lowest BCUT2D eigenvalue weighted by Gasteiger charge is -2.39. The Morgan fingerprint density at radius 2 is 2.16 bits per heavy atom. The van der Waals surface area contributed by atoms with Gasteiger partial charge in [0.1, 0.15) is 0 Å². The highest BCUT2D eigenvalue weighted by atomic mass is 16.2. The van der Waals surface area contributed by atoms with E-state index in [-0.39, 0.29) is 11.9 Å². The van der Waals surface area contributed by atoms with Crippen molar-refractivity contribution in [2.75, 3.05) is 19.6 Å². The van der Waals surface area contributed by atoms with Gasteiger partial charge in [-0.15, -0.1) is 0 Å². The van der Waals surface area contributed by atoms with Crippen molar-refractivity contribution in [3.05, 3.63) is 0 Å². The quantitative estimate of drug-likeness (QED) is 0.669. The molecule has 1 rings (SSSR count). The lowest BCUT2D eigenvalue weighted by Crippen LogP contribution is -2.55. The van der Waals surface area contributed by atoms with Gasteiger partial charge < -0.3 is 11.1 Å². The highest BCUT2D eigenvalue weighted by molar-refractivity contribution is 5.96. The number of nitrogens with one attached hydrogen (secondary N) is 2.